The Morgan fingerprint density at radius 3 is 2.59 bits per heavy atom. The summed E-state index contributed by atoms with van der Waals surface area (Å²) in [6, 6.07) is 6.69. The largest absolute Gasteiger partial charge is 0.306 e. The van der Waals surface area contributed by atoms with Gasteiger partial charge in [-0.05, 0) is 40.2 Å². The van der Waals surface area contributed by atoms with Gasteiger partial charge < -0.3 is 5.32 Å². The van der Waals surface area contributed by atoms with Gasteiger partial charge in [0, 0.05) is 17.6 Å². The maximum absolute atomic E-state index is 11.9. The molecule has 0 aliphatic rings. The predicted octanol–water partition coefficient (Wildman–Crippen LogP) is 3.09. The molecule has 0 atom stereocenters. The number of hydrogen-bond acceptors (Lipinski definition) is 2. The Labute approximate surface area is 112 Å². The third-order valence-corrected chi connectivity index (χ3v) is 3.06. The van der Waals surface area contributed by atoms with Crippen molar-refractivity contribution in [2.75, 3.05) is 5.32 Å². The molecule has 0 radical (unpaired) electrons. The van der Waals surface area contributed by atoms with Crippen molar-refractivity contribution in [2.24, 2.45) is 7.05 Å². The summed E-state index contributed by atoms with van der Waals surface area (Å²) in [6.45, 7) is 0. The van der Waals surface area contributed by atoms with Crippen molar-refractivity contribution < 1.29 is 4.79 Å². The van der Waals surface area contributed by atoms with Crippen LogP contribution in [0.15, 0.2) is 34.9 Å². The van der Waals surface area contributed by atoms with Gasteiger partial charge in [-0.1, -0.05) is 11.6 Å². The van der Waals surface area contributed by atoms with Gasteiger partial charge in [-0.3, -0.25) is 9.48 Å². The van der Waals surface area contributed by atoms with E-state index in [4.69, 9.17) is 11.6 Å². The van der Waals surface area contributed by atoms with Crippen molar-refractivity contribution in [3.63, 3.8) is 0 Å². The van der Waals surface area contributed by atoms with Gasteiger partial charge in [0.25, 0.3) is 5.91 Å². The number of carbonyl (C=O) groups is 1. The molecule has 0 aliphatic carbocycles. The normalized spacial score (nSPS) is 10.3. The molecule has 0 saturated heterocycles. The van der Waals surface area contributed by atoms with Crippen LogP contribution in [0, 0.1) is 0 Å². The van der Waals surface area contributed by atoms with E-state index >= 15 is 0 Å². The van der Waals surface area contributed by atoms with Crippen LogP contribution < -0.4 is 5.32 Å². The third-order valence-electron chi connectivity index (χ3n) is 2.23. The summed E-state index contributed by atoms with van der Waals surface area (Å²) in [5.41, 5.74) is 0.544. The first-order valence-corrected chi connectivity index (χ1v) is 5.99. The molecule has 2 aromatic rings. The number of nitrogens with one attached hydrogen (secondary N) is 1. The zero-order valence-corrected chi connectivity index (χ0v) is 11.3. The minimum atomic E-state index is -0.203. The maximum Gasteiger partial charge on any atom is 0.256 e. The van der Waals surface area contributed by atoms with Crippen LogP contribution >= 0.6 is 27.5 Å². The fourth-order valence-electron chi connectivity index (χ4n) is 1.33. The average molecular weight is 315 g/mol. The molecule has 6 heteroatoms. The Morgan fingerprint density at radius 1 is 1.41 bits per heavy atom. The van der Waals surface area contributed by atoms with Crippen LogP contribution in [0.4, 0.5) is 5.82 Å². The quantitative estimate of drug-likeness (QED) is 0.926. The monoisotopic (exact) mass is 313 g/mol. The van der Waals surface area contributed by atoms with Crippen LogP contribution in [0.3, 0.4) is 0 Å². The summed E-state index contributed by atoms with van der Waals surface area (Å²) in [5.74, 6) is 0.413. The van der Waals surface area contributed by atoms with Crippen molar-refractivity contribution in [3.8, 4) is 0 Å². The van der Waals surface area contributed by atoms with Gasteiger partial charge >= 0.3 is 0 Å². The number of anilines is 1. The molecule has 1 heterocycles. The zero-order chi connectivity index (χ0) is 12.4. The number of rotatable bonds is 2. The Hall–Kier alpha value is -1.33. The minimum absolute atomic E-state index is 0.203. The number of hydrogen-bond donors (Lipinski definition) is 1. The average Bonchev–Trinajstić information content (AvgIpc) is 2.61. The summed E-state index contributed by atoms with van der Waals surface area (Å²) >= 11 is 9.07. The second-order valence-electron chi connectivity index (χ2n) is 3.43. The minimum Gasteiger partial charge on any atom is -0.306 e. The van der Waals surface area contributed by atoms with Crippen molar-refractivity contribution >= 4 is 39.3 Å². The van der Waals surface area contributed by atoms with E-state index < -0.39 is 0 Å². The Kier molecular flexibility index (Phi) is 3.49. The van der Waals surface area contributed by atoms with E-state index in [1.807, 2.05) is 0 Å². The van der Waals surface area contributed by atoms with Crippen LogP contribution in [0.5, 0.6) is 0 Å². The number of benzene rings is 1. The van der Waals surface area contributed by atoms with Crippen molar-refractivity contribution in [1.29, 1.82) is 0 Å². The van der Waals surface area contributed by atoms with E-state index in [1.54, 1.807) is 42.2 Å². The Morgan fingerprint density at radius 2 is 2.06 bits per heavy atom. The fraction of sp³-hybridized carbons (Fsp3) is 0.0909. The molecule has 1 amide bonds. The lowest BCUT2D eigenvalue weighted by atomic mass is 10.2. The van der Waals surface area contributed by atoms with Crippen molar-refractivity contribution in [2.45, 2.75) is 0 Å². The summed E-state index contributed by atoms with van der Waals surface area (Å²) < 4.78 is 2.32. The Bertz CT molecular complexity index is 531. The molecule has 2 rings (SSSR count). The first kappa shape index (κ1) is 12.1. The number of nitrogens with zero attached hydrogens (tertiary/aromatic N) is 2. The van der Waals surface area contributed by atoms with E-state index in [9.17, 15) is 4.79 Å². The zero-order valence-electron chi connectivity index (χ0n) is 8.95. The number of carbonyl (C=O) groups excluding carboxylic acids is 1. The molecule has 1 aromatic heterocycles. The molecule has 0 spiro atoms. The number of aryl methyl sites for hydroxylation is 1. The summed E-state index contributed by atoms with van der Waals surface area (Å²) in [6.07, 6.45) is 1.62. The molecular weight excluding hydrogens is 305 g/mol. The standard InChI is InChI=1S/C11H9BrClN3O/c1-16-10(9(12)6-14-16)15-11(17)7-2-4-8(13)5-3-7/h2-6H,1H3,(H,15,17). The highest BCUT2D eigenvalue weighted by Gasteiger charge is 2.11. The van der Waals surface area contributed by atoms with E-state index in [0.29, 0.717) is 16.4 Å². The van der Waals surface area contributed by atoms with Gasteiger partial charge in [0.2, 0.25) is 0 Å². The van der Waals surface area contributed by atoms with Crippen LogP contribution in [0.2, 0.25) is 5.02 Å². The molecule has 1 N–H and O–H groups in total. The van der Waals surface area contributed by atoms with Gasteiger partial charge in [0.15, 0.2) is 0 Å². The highest BCUT2D eigenvalue weighted by molar-refractivity contribution is 9.10. The highest BCUT2D eigenvalue weighted by atomic mass is 79.9. The molecule has 0 bridgehead atoms. The molecule has 0 fully saturated rings. The van der Waals surface area contributed by atoms with Crippen LogP contribution in [-0.4, -0.2) is 15.7 Å². The van der Waals surface area contributed by atoms with Crippen LogP contribution in [0.1, 0.15) is 10.4 Å². The SMILES string of the molecule is Cn1ncc(Br)c1NC(=O)c1ccc(Cl)cc1. The van der Waals surface area contributed by atoms with Gasteiger partial charge in [0.1, 0.15) is 5.82 Å². The van der Waals surface area contributed by atoms with Crippen LogP contribution in [0.25, 0.3) is 0 Å². The first-order chi connectivity index (χ1) is 8.08. The first-order valence-electron chi connectivity index (χ1n) is 4.82. The van der Waals surface area contributed by atoms with E-state index in [1.165, 1.54) is 0 Å². The summed E-state index contributed by atoms with van der Waals surface area (Å²) in [4.78, 5) is 11.9. The molecule has 17 heavy (non-hydrogen) atoms. The topological polar surface area (TPSA) is 46.9 Å². The number of amides is 1. The third kappa shape index (κ3) is 2.68. The molecule has 88 valence electrons. The lowest BCUT2D eigenvalue weighted by molar-refractivity contribution is 0.102. The van der Waals surface area contributed by atoms with E-state index in [0.717, 1.165) is 4.47 Å². The smallest absolute Gasteiger partial charge is 0.256 e. The van der Waals surface area contributed by atoms with Crippen molar-refractivity contribution in [1.82, 2.24) is 9.78 Å². The number of aromatic nitrogens is 2. The predicted molar refractivity (Wildman–Crippen MR) is 70.3 cm³/mol. The van der Waals surface area contributed by atoms with E-state index in [-0.39, 0.29) is 5.91 Å². The summed E-state index contributed by atoms with van der Waals surface area (Å²) in [7, 11) is 1.75. The molecule has 0 aliphatic heterocycles. The van der Waals surface area contributed by atoms with Crippen molar-refractivity contribution in [3.05, 3.63) is 45.5 Å². The second kappa shape index (κ2) is 4.89. The van der Waals surface area contributed by atoms with Crippen LogP contribution in [-0.2, 0) is 7.05 Å². The molecule has 0 unspecified atom stereocenters. The summed E-state index contributed by atoms with van der Waals surface area (Å²) in [5, 5.41) is 7.38. The van der Waals surface area contributed by atoms with Gasteiger partial charge in [-0.2, -0.15) is 5.10 Å². The number of halogens is 2. The molecule has 1 aromatic carbocycles. The van der Waals surface area contributed by atoms with Gasteiger partial charge in [0.05, 0.1) is 10.7 Å². The molecule has 0 saturated carbocycles. The fourth-order valence-corrected chi connectivity index (χ4v) is 1.91. The van der Waals surface area contributed by atoms with Gasteiger partial charge in [-0.25, -0.2) is 0 Å². The lowest BCUT2D eigenvalue weighted by Gasteiger charge is -2.06. The maximum atomic E-state index is 11.9. The second-order valence-corrected chi connectivity index (χ2v) is 4.72. The molecule has 4 nitrogen and oxygen atoms in total. The lowest BCUT2D eigenvalue weighted by Crippen LogP contribution is -2.14. The molecular formula is C11H9BrClN3O. The van der Waals surface area contributed by atoms with Gasteiger partial charge in [-0.15, -0.1) is 0 Å². The Balaban J connectivity index is 2.20. The highest BCUT2D eigenvalue weighted by Crippen LogP contribution is 2.21. The van der Waals surface area contributed by atoms with E-state index in [2.05, 4.69) is 26.3 Å².